The maximum absolute atomic E-state index is 10.2. The van der Waals surface area contributed by atoms with E-state index in [1.807, 2.05) is 12.1 Å². The standard InChI is InChI=1S/C19H19NO4/c1-21-13-2-3-14-12(8-13)9-16-17-15(10-22-16)19(23-6-7-24-19)5-4-18(14,17)11-20/h2-3,8,10,16-17H,4-7,9H2,1H3/t16-,17-,18-/m1/s1. The van der Waals surface area contributed by atoms with E-state index in [-0.39, 0.29) is 12.0 Å². The van der Waals surface area contributed by atoms with E-state index in [1.54, 1.807) is 13.4 Å². The molecule has 5 nitrogen and oxygen atoms in total. The molecule has 1 saturated heterocycles. The summed E-state index contributed by atoms with van der Waals surface area (Å²) in [6.07, 6.45) is 3.94. The van der Waals surface area contributed by atoms with Crippen LogP contribution in [-0.4, -0.2) is 32.2 Å². The second-order valence-electron chi connectivity index (χ2n) is 6.99. The van der Waals surface area contributed by atoms with Crippen LogP contribution in [0.1, 0.15) is 24.0 Å². The van der Waals surface area contributed by atoms with Gasteiger partial charge in [0.25, 0.3) is 0 Å². The maximum Gasteiger partial charge on any atom is 0.194 e. The molecule has 0 N–H and O–H groups in total. The number of hydrogen-bond donors (Lipinski definition) is 0. The number of hydrogen-bond acceptors (Lipinski definition) is 5. The summed E-state index contributed by atoms with van der Waals surface area (Å²) < 4.78 is 23.3. The predicted octanol–water partition coefficient (Wildman–Crippen LogP) is 2.45. The van der Waals surface area contributed by atoms with Crippen molar-refractivity contribution in [3.8, 4) is 11.8 Å². The van der Waals surface area contributed by atoms with E-state index in [9.17, 15) is 5.26 Å². The molecule has 4 aliphatic rings. The van der Waals surface area contributed by atoms with Crippen molar-refractivity contribution in [1.29, 1.82) is 5.26 Å². The number of ether oxygens (including phenoxy) is 4. The van der Waals surface area contributed by atoms with E-state index in [0.29, 0.717) is 26.1 Å². The molecule has 1 spiro atoms. The normalized spacial score (nSPS) is 34.8. The third-order valence-electron chi connectivity index (χ3n) is 6.06. The van der Waals surface area contributed by atoms with Crippen LogP contribution in [0.2, 0.25) is 0 Å². The van der Waals surface area contributed by atoms with Gasteiger partial charge < -0.3 is 18.9 Å². The van der Waals surface area contributed by atoms with Gasteiger partial charge in [-0.2, -0.15) is 5.26 Å². The van der Waals surface area contributed by atoms with Crippen LogP contribution in [0.4, 0.5) is 0 Å². The van der Waals surface area contributed by atoms with E-state index in [1.165, 1.54) is 0 Å². The van der Waals surface area contributed by atoms with E-state index in [0.717, 1.165) is 28.9 Å². The Morgan fingerprint density at radius 3 is 2.83 bits per heavy atom. The molecule has 2 aliphatic carbocycles. The predicted molar refractivity (Wildman–Crippen MR) is 84.3 cm³/mol. The van der Waals surface area contributed by atoms with E-state index in [2.05, 4.69) is 12.1 Å². The largest absolute Gasteiger partial charge is 0.497 e. The van der Waals surface area contributed by atoms with Crippen molar-refractivity contribution in [3.05, 3.63) is 41.2 Å². The molecule has 2 heterocycles. The van der Waals surface area contributed by atoms with Gasteiger partial charge in [-0.1, -0.05) is 6.07 Å². The summed E-state index contributed by atoms with van der Waals surface area (Å²) in [5, 5.41) is 10.2. The summed E-state index contributed by atoms with van der Waals surface area (Å²) in [7, 11) is 1.66. The third kappa shape index (κ3) is 1.60. The molecular formula is C19H19NO4. The van der Waals surface area contributed by atoms with Gasteiger partial charge in [0, 0.05) is 24.3 Å². The van der Waals surface area contributed by atoms with Crippen LogP contribution < -0.4 is 4.74 Å². The fourth-order valence-electron chi connectivity index (χ4n) is 5.02. The van der Waals surface area contributed by atoms with Crippen molar-refractivity contribution in [2.45, 2.75) is 36.6 Å². The molecule has 2 fully saturated rings. The monoisotopic (exact) mass is 325 g/mol. The molecule has 2 aliphatic heterocycles. The quantitative estimate of drug-likeness (QED) is 0.794. The van der Waals surface area contributed by atoms with Crippen molar-refractivity contribution in [3.63, 3.8) is 0 Å². The number of nitrogens with zero attached hydrogens (tertiary/aromatic N) is 1. The lowest BCUT2D eigenvalue weighted by molar-refractivity contribution is -0.154. The lowest BCUT2D eigenvalue weighted by Gasteiger charge is -2.49. The topological polar surface area (TPSA) is 60.7 Å². The first kappa shape index (κ1) is 14.3. The molecule has 124 valence electrons. The molecule has 24 heavy (non-hydrogen) atoms. The lowest BCUT2D eigenvalue weighted by Crippen LogP contribution is -2.54. The summed E-state index contributed by atoms with van der Waals surface area (Å²) in [6.45, 7) is 1.20. The summed E-state index contributed by atoms with van der Waals surface area (Å²) in [5.74, 6) is 0.139. The molecule has 0 amide bonds. The number of rotatable bonds is 1. The Balaban J connectivity index is 1.66. The Morgan fingerprint density at radius 1 is 1.25 bits per heavy atom. The highest BCUT2D eigenvalue weighted by molar-refractivity contribution is 5.52. The van der Waals surface area contributed by atoms with Gasteiger partial charge in [0.05, 0.1) is 38.1 Å². The van der Waals surface area contributed by atoms with Crippen LogP contribution in [0.15, 0.2) is 30.0 Å². The Bertz CT molecular complexity index is 774. The number of nitriles is 1. The number of methoxy groups -OCH3 is 1. The summed E-state index contributed by atoms with van der Waals surface area (Å²) in [6, 6.07) is 8.69. The van der Waals surface area contributed by atoms with Crippen molar-refractivity contribution < 1.29 is 18.9 Å². The summed E-state index contributed by atoms with van der Waals surface area (Å²) in [4.78, 5) is 0. The SMILES string of the molecule is COc1ccc2c(c1)C[C@H]1OC=C3[C@H]1[C@@]2(C#N)CCC31OCCO1. The molecule has 1 aromatic rings. The Hall–Kier alpha value is -2.03. The zero-order valence-electron chi connectivity index (χ0n) is 13.6. The van der Waals surface area contributed by atoms with E-state index in [4.69, 9.17) is 18.9 Å². The molecule has 5 rings (SSSR count). The van der Waals surface area contributed by atoms with Crippen LogP contribution in [0.5, 0.6) is 5.75 Å². The van der Waals surface area contributed by atoms with Crippen molar-refractivity contribution in [2.24, 2.45) is 5.92 Å². The van der Waals surface area contributed by atoms with Gasteiger partial charge in [-0.3, -0.25) is 0 Å². The summed E-state index contributed by atoms with van der Waals surface area (Å²) in [5.41, 5.74) is 2.69. The highest BCUT2D eigenvalue weighted by atomic mass is 16.7. The van der Waals surface area contributed by atoms with Crippen molar-refractivity contribution in [1.82, 2.24) is 0 Å². The second-order valence-corrected chi connectivity index (χ2v) is 6.99. The van der Waals surface area contributed by atoms with Gasteiger partial charge in [0.2, 0.25) is 0 Å². The van der Waals surface area contributed by atoms with Gasteiger partial charge in [-0.15, -0.1) is 0 Å². The minimum Gasteiger partial charge on any atom is -0.497 e. The van der Waals surface area contributed by atoms with E-state index < -0.39 is 11.2 Å². The van der Waals surface area contributed by atoms with Crippen molar-refractivity contribution in [2.75, 3.05) is 20.3 Å². The van der Waals surface area contributed by atoms with Crippen LogP contribution in [0, 0.1) is 17.2 Å². The van der Waals surface area contributed by atoms with Gasteiger partial charge in [-0.25, -0.2) is 0 Å². The zero-order chi connectivity index (χ0) is 16.4. The van der Waals surface area contributed by atoms with Gasteiger partial charge >= 0.3 is 0 Å². The minimum atomic E-state index is -0.677. The molecule has 5 heteroatoms. The van der Waals surface area contributed by atoms with Crippen LogP contribution >= 0.6 is 0 Å². The number of fused-ring (bicyclic) bond motifs is 3. The zero-order valence-corrected chi connectivity index (χ0v) is 13.6. The van der Waals surface area contributed by atoms with Gasteiger partial charge in [0.15, 0.2) is 5.79 Å². The van der Waals surface area contributed by atoms with Gasteiger partial charge in [0.1, 0.15) is 11.9 Å². The van der Waals surface area contributed by atoms with Crippen molar-refractivity contribution >= 4 is 0 Å². The molecule has 1 saturated carbocycles. The maximum atomic E-state index is 10.2. The Morgan fingerprint density at radius 2 is 2.08 bits per heavy atom. The van der Waals surface area contributed by atoms with Crippen LogP contribution in [-0.2, 0) is 26.0 Å². The molecule has 0 radical (unpaired) electrons. The highest BCUT2D eigenvalue weighted by Crippen LogP contribution is 2.59. The lowest BCUT2D eigenvalue weighted by atomic mass is 9.55. The average Bonchev–Trinajstić information content (AvgIpc) is 3.26. The molecule has 0 unspecified atom stereocenters. The molecule has 0 aromatic heterocycles. The number of benzene rings is 1. The Kier molecular flexibility index (Phi) is 2.83. The first-order chi connectivity index (χ1) is 11.7. The van der Waals surface area contributed by atoms with Gasteiger partial charge in [-0.05, 0) is 29.7 Å². The molecule has 0 bridgehead atoms. The third-order valence-corrected chi connectivity index (χ3v) is 6.06. The van der Waals surface area contributed by atoms with E-state index >= 15 is 0 Å². The average molecular weight is 325 g/mol. The molecule has 3 atom stereocenters. The first-order valence-electron chi connectivity index (χ1n) is 8.45. The second kappa shape index (κ2) is 4.75. The summed E-state index contributed by atoms with van der Waals surface area (Å²) >= 11 is 0. The minimum absolute atomic E-state index is 0.00440. The molecule has 1 aromatic carbocycles. The highest BCUT2D eigenvalue weighted by Gasteiger charge is 2.63. The van der Waals surface area contributed by atoms with Crippen LogP contribution in [0.3, 0.4) is 0 Å². The smallest absolute Gasteiger partial charge is 0.194 e. The fourth-order valence-corrected chi connectivity index (χ4v) is 5.02. The first-order valence-corrected chi connectivity index (χ1v) is 8.45. The van der Waals surface area contributed by atoms with Crippen LogP contribution in [0.25, 0.3) is 0 Å². The fraction of sp³-hybridized carbons (Fsp3) is 0.526. The Labute approximate surface area is 140 Å². The molecular weight excluding hydrogens is 306 g/mol.